The van der Waals surface area contributed by atoms with Crippen LogP contribution in [0.15, 0.2) is 30.3 Å². The molecule has 1 unspecified atom stereocenters. The Morgan fingerprint density at radius 2 is 2.05 bits per heavy atom. The minimum Gasteiger partial charge on any atom is -0.484 e. The number of carbonyl (C=O) groups excluding carboxylic acids is 1. The van der Waals surface area contributed by atoms with E-state index in [1.165, 1.54) is 6.08 Å². The third-order valence-corrected chi connectivity index (χ3v) is 3.04. The molecule has 0 saturated carbocycles. The molecule has 1 rings (SSSR count). The summed E-state index contributed by atoms with van der Waals surface area (Å²) < 4.78 is 5.40. The van der Waals surface area contributed by atoms with Crippen LogP contribution in [-0.2, 0) is 9.59 Å². The Hall–Kier alpha value is -2.30. The number of rotatable bonds is 7. The van der Waals surface area contributed by atoms with Gasteiger partial charge >= 0.3 is 5.97 Å². The van der Waals surface area contributed by atoms with E-state index >= 15 is 0 Å². The lowest BCUT2D eigenvalue weighted by Crippen LogP contribution is -2.38. The van der Waals surface area contributed by atoms with Gasteiger partial charge in [-0.1, -0.05) is 26.0 Å². The Balaban J connectivity index is 2.54. The van der Waals surface area contributed by atoms with Gasteiger partial charge in [-0.2, -0.15) is 0 Å². The lowest BCUT2D eigenvalue weighted by molar-refractivity contribution is -0.131. The van der Waals surface area contributed by atoms with Crippen molar-refractivity contribution < 1.29 is 19.4 Å². The smallest absolute Gasteiger partial charge is 0.328 e. The topological polar surface area (TPSA) is 75.6 Å². The van der Waals surface area contributed by atoms with Gasteiger partial charge in [-0.3, -0.25) is 4.79 Å². The maximum Gasteiger partial charge on any atom is 0.328 e. The Morgan fingerprint density at radius 3 is 2.67 bits per heavy atom. The van der Waals surface area contributed by atoms with Gasteiger partial charge in [0, 0.05) is 12.1 Å². The summed E-state index contributed by atoms with van der Waals surface area (Å²) in [7, 11) is 0. The van der Waals surface area contributed by atoms with Crippen molar-refractivity contribution in [2.45, 2.75) is 26.8 Å². The summed E-state index contributed by atoms with van der Waals surface area (Å²) in [4.78, 5) is 22.2. The molecule has 2 N–H and O–H groups in total. The van der Waals surface area contributed by atoms with E-state index in [1.54, 1.807) is 24.3 Å². The number of hydrogen-bond donors (Lipinski definition) is 2. The maximum absolute atomic E-state index is 11.7. The SMILES string of the molecule is CC(C)C(C)NC(=O)COc1cccc(C=CC(=O)O)c1. The Bertz CT molecular complexity index is 523. The molecule has 0 aliphatic heterocycles. The van der Waals surface area contributed by atoms with Crippen LogP contribution in [0.2, 0.25) is 0 Å². The molecule has 5 heteroatoms. The minimum absolute atomic E-state index is 0.0663. The standard InChI is InChI=1S/C16H21NO4/c1-11(2)12(3)17-15(18)10-21-14-6-4-5-13(9-14)7-8-16(19)20/h4-9,11-12H,10H2,1-3H3,(H,17,18)(H,19,20). The number of hydrogen-bond acceptors (Lipinski definition) is 3. The van der Waals surface area contributed by atoms with E-state index in [9.17, 15) is 9.59 Å². The number of nitrogens with one attached hydrogen (secondary N) is 1. The molecular formula is C16H21NO4. The first-order valence-corrected chi connectivity index (χ1v) is 6.81. The second kappa shape index (κ2) is 8.09. The second-order valence-corrected chi connectivity index (χ2v) is 5.13. The third-order valence-electron chi connectivity index (χ3n) is 3.04. The van der Waals surface area contributed by atoms with Gasteiger partial charge in [-0.25, -0.2) is 4.79 Å². The van der Waals surface area contributed by atoms with Crippen LogP contribution < -0.4 is 10.1 Å². The van der Waals surface area contributed by atoms with Gasteiger partial charge in [-0.05, 0) is 36.6 Å². The zero-order valence-corrected chi connectivity index (χ0v) is 12.5. The van der Waals surface area contributed by atoms with Crippen molar-refractivity contribution in [3.05, 3.63) is 35.9 Å². The van der Waals surface area contributed by atoms with E-state index in [0.717, 1.165) is 6.08 Å². The molecule has 0 saturated heterocycles. The highest BCUT2D eigenvalue weighted by Gasteiger charge is 2.11. The van der Waals surface area contributed by atoms with E-state index in [0.29, 0.717) is 17.2 Å². The molecule has 5 nitrogen and oxygen atoms in total. The summed E-state index contributed by atoms with van der Waals surface area (Å²) in [6.07, 6.45) is 2.52. The van der Waals surface area contributed by atoms with E-state index < -0.39 is 5.97 Å². The van der Waals surface area contributed by atoms with Gasteiger partial charge in [0.1, 0.15) is 5.75 Å². The summed E-state index contributed by atoms with van der Waals surface area (Å²) in [6.45, 7) is 5.94. The number of benzene rings is 1. The van der Waals surface area contributed by atoms with Crippen LogP contribution in [0.3, 0.4) is 0 Å². The highest BCUT2D eigenvalue weighted by atomic mass is 16.5. The molecule has 0 aromatic heterocycles. The number of amides is 1. The molecule has 0 radical (unpaired) electrons. The van der Waals surface area contributed by atoms with Gasteiger partial charge in [-0.15, -0.1) is 0 Å². The third kappa shape index (κ3) is 6.61. The molecule has 1 aromatic rings. The molecule has 0 spiro atoms. The van der Waals surface area contributed by atoms with E-state index in [4.69, 9.17) is 9.84 Å². The average Bonchev–Trinajstić information content (AvgIpc) is 2.43. The van der Waals surface area contributed by atoms with Crippen LogP contribution in [0, 0.1) is 5.92 Å². The quantitative estimate of drug-likeness (QED) is 0.756. The number of carbonyl (C=O) groups is 2. The van der Waals surface area contributed by atoms with Crippen molar-refractivity contribution in [3.8, 4) is 5.75 Å². The summed E-state index contributed by atoms with van der Waals surface area (Å²) in [6, 6.07) is 6.99. The van der Waals surface area contributed by atoms with Gasteiger partial charge < -0.3 is 15.2 Å². The Morgan fingerprint density at radius 1 is 1.33 bits per heavy atom. The lowest BCUT2D eigenvalue weighted by Gasteiger charge is -2.17. The van der Waals surface area contributed by atoms with Gasteiger partial charge in [0.2, 0.25) is 0 Å². The summed E-state index contributed by atoms with van der Waals surface area (Å²) >= 11 is 0. The predicted octanol–water partition coefficient (Wildman–Crippen LogP) is 2.32. The predicted molar refractivity (Wildman–Crippen MR) is 81.0 cm³/mol. The number of carboxylic acid groups (broad SMARTS) is 1. The van der Waals surface area contributed by atoms with Crippen LogP contribution in [0.1, 0.15) is 26.3 Å². The Labute approximate surface area is 124 Å². The van der Waals surface area contributed by atoms with Crippen LogP contribution in [0.5, 0.6) is 5.75 Å². The number of carboxylic acids is 1. The molecule has 0 aliphatic rings. The van der Waals surface area contributed by atoms with Crippen molar-refractivity contribution in [2.24, 2.45) is 5.92 Å². The fourth-order valence-corrected chi connectivity index (χ4v) is 1.49. The van der Waals surface area contributed by atoms with Crippen LogP contribution >= 0.6 is 0 Å². The number of aliphatic carboxylic acids is 1. The van der Waals surface area contributed by atoms with E-state index in [1.807, 2.05) is 20.8 Å². The summed E-state index contributed by atoms with van der Waals surface area (Å²) in [5.41, 5.74) is 0.700. The van der Waals surface area contributed by atoms with Gasteiger partial charge in [0.25, 0.3) is 5.91 Å². The average molecular weight is 291 g/mol. The maximum atomic E-state index is 11.7. The van der Waals surface area contributed by atoms with Crippen molar-refractivity contribution in [2.75, 3.05) is 6.61 Å². The van der Waals surface area contributed by atoms with Gasteiger partial charge in [0.15, 0.2) is 6.61 Å². The van der Waals surface area contributed by atoms with Crippen LogP contribution in [0.25, 0.3) is 6.08 Å². The van der Waals surface area contributed by atoms with Crippen molar-refractivity contribution in [1.82, 2.24) is 5.32 Å². The molecule has 1 amide bonds. The zero-order valence-electron chi connectivity index (χ0n) is 12.5. The van der Waals surface area contributed by atoms with Gasteiger partial charge in [0.05, 0.1) is 0 Å². The van der Waals surface area contributed by atoms with E-state index in [-0.39, 0.29) is 18.6 Å². The minimum atomic E-state index is -1.01. The molecule has 0 heterocycles. The van der Waals surface area contributed by atoms with Crippen molar-refractivity contribution in [1.29, 1.82) is 0 Å². The molecule has 1 aromatic carbocycles. The fourth-order valence-electron chi connectivity index (χ4n) is 1.49. The number of ether oxygens (including phenoxy) is 1. The van der Waals surface area contributed by atoms with Crippen molar-refractivity contribution >= 4 is 18.0 Å². The molecule has 0 fully saturated rings. The first-order valence-electron chi connectivity index (χ1n) is 6.81. The first-order chi connectivity index (χ1) is 9.88. The lowest BCUT2D eigenvalue weighted by atomic mass is 10.1. The second-order valence-electron chi connectivity index (χ2n) is 5.13. The first kappa shape index (κ1) is 16.8. The largest absolute Gasteiger partial charge is 0.484 e. The molecule has 0 bridgehead atoms. The van der Waals surface area contributed by atoms with Crippen LogP contribution in [-0.4, -0.2) is 29.6 Å². The monoisotopic (exact) mass is 291 g/mol. The molecular weight excluding hydrogens is 270 g/mol. The van der Waals surface area contributed by atoms with E-state index in [2.05, 4.69) is 5.32 Å². The molecule has 21 heavy (non-hydrogen) atoms. The molecule has 114 valence electrons. The normalized spacial score (nSPS) is 12.4. The highest BCUT2D eigenvalue weighted by molar-refractivity contribution is 5.85. The molecule has 1 atom stereocenters. The molecule has 0 aliphatic carbocycles. The zero-order chi connectivity index (χ0) is 15.8. The summed E-state index contributed by atoms with van der Waals surface area (Å²) in [5.74, 6) is -0.306. The van der Waals surface area contributed by atoms with Crippen molar-refractivity contribution in [3.63, 3.8) is 0 Å². The highest BCUT2D eigenvalue weighted by Crippen LogP contribution is 2.14. The summed E-state index contributed by atoms with van der Waals surface area (Å²) in [5, 5.41) is 11.4. The Kier molecular flexibility index (Phi) is 6.46. The fraction of sp³-hybridized carbons (Fsp3) is 0.375. The van der Waals surface area contributed by atoms with Crippen LogP contribution in [0.4, 0.5) is 0 Å².